The van der Waals surface area contributed by atoms with E-state index in [9.17, 15) is 18.0 Å². The molecular formula is C19H19ClN2O4S. The number of fused-ring (bicyclic) bond motifs is 1. The Labute approximate surface area is 163 Å². The van der Waals surface area contributed by atoms with Gasteiger partial charge in [-0.15, -0.1) is 0 Å². The summed E-state index contributed by atoms with van der Waals surface area (Å²) >= 11 is 5.98. The zero-order valence-electron chi connectivity index (χ0n) is 14.6. The first-order valence-electron chi connectivity index (χ1n) is 8.39. The van der Waals surface area contributed by atoms with Gasteiger partial charge in [-0.2, -0.15) is 4.31 Å². The van der Waals surface area contributed by atoms with Crippen LogP contribution in [-0.4, -0.2) is 44.0 Å². The summed E-state index contributed by atoms with van der Waals surface area (Å²) in [6.07, 6.45) is 1.18. The number of hydrogen-bond acceptors (Lipinski definition) is 4. The van der Waals surface area contributed by atoms with Crippen molar-refractivity contribution in [1.29, 1.82) is 0 Å². The third kappa shape index (κ3) is 4.05. The summed E-state index contributed by atoms with van der Waals surface area (Å²) in [6.45, 7) is 0. The smallest absolute Gasteiger partial charge is 0.243 e. The van der Waals surface area contributed by atoms with Gasteiger partial charge in [-0.1, -0.05) is 41.9 Å². The predicted molar refractivity (Wildman–Crippen MR) is 102 cm³/mol. The highest BCUT2D eigenvalue weighted by Crippen LogP contribution is 2.31. The molecule has 8 heteroatoms. The highest BCUT2D eigenvalue weighted by molar-refractivity contribution is 7.89. The lowest BCUT2D eigenvalue weighted by molar-refractivity contribution is -0.127. The third-order valence-electron chi connectivity index (χ3n) is 4.62. The van der Waals surface area contributed by atoms with Crippen molar-refractivity contribution in [2.24, 2.45) is 0 Å². The number of hydrogen-bond donors (Lipinski definition) is 1. The number of sulfonamides is 1. The molecule has 2 atom stereocenters. The van der Waals surface area contributed by atoms with Crippen LogP contribution in [0.15, 0.2) is 53.4 Å². The number of likely N-dealkylation sites (N-methyl/N-ethyl adjacent to an activating group) is 1. The molecule has 0 saturated carbocycles. The van der Waals surface area contributed by atoms with Gasteiger partial charge in [-0.3, -0.25) is 4.79 Å². The maximum Gasteiger partial charge on any atom is 0.243 e. The van der Waals surface area contributed by atoms with E-state index in [2.05, 4.69) is 5.32 Å². The molecule has 0 spiro atoms. The van der Waals surface area contributed by atoms with Crippen LogP contribution in [0.4, 0.5) is 0 Å². The number of carbonyl (C=O) groups excluding carboxylic acids is 2. The second-order valence-corrected chi connectivity index (χ2v) is 8.84. The Bertz CT molecular complexity index is 963. The normalized spacial score (nSPS) is 19.7. The van der Waals surface area contributed by atoms with Gasteiger partial charge < -0.3 is 10.1 Å². The first kappa shape index (κ1) is 19.5. The molecule has 0 saturated heterocycles. The molecule has 27 heavy (non-hydrogen) atoms. The standard InChI is InChI=1S/C19H19ClN2O4S/c1-22-17(11-14-10-15(20)7-8-18(14)27(22,25)26)19(24)21-16(12-23)9-13-5-3-2-4-6-13/h2-8,10,12,16-17H,9,11H2,1H3,(H,21,24)/t16-,17-/m0/s1. The maximum absolute atomic E-state index is 12.7. The van der Waals surface area contributed by atoms with E-state index in [1.807, 2.05) is 30.3 Å². The second-order valence-electron chi connectivity index (χ2n) is 6.43. The number of nitrogens with one attached hydrogen (secondary N) is 1. The predicted octanol–water partition coefficient (Wildman–Crippen LogP) is 1.81. The molecule has 1 N–H and O–H groups in total. The van der Waals surface area contributed by atoms with E-state index in [1.54, 1.807) is 6.07 Å². The minimum atomic E-state index is -3.81. The summed E-state index contributed by atoms with van der Waals surface area (Å²) in [5, 5.41) is 3.06. The van der Waals surface area contributed by atoms with Crippen molar-refractivity contribution >= 4 is 33.8 Å². The van der Waals surface area contributed by atoms with Crippen LogP contribution in [0.1, 0.15) is 11.1 Å². The SMILES string of the molecule is CN1[C@H](C(=O)N[C@H](C=O)Cc2ccccc2)Cc2cc(Cl)ccc2S1(=O)=O. The van der Waals surface area contributed by atoms with Crippen molar-refractivity contribution < 1.29 is 18.0 Å². The minimum Gasteiger partial charge on any atom is -0.345 e. The summed E-state index contributed by atoms with van der Waals surface area (Å²) in [6, 6.07) is 12.1. The Balaban J connectivity index is 1.81. The molecule has 2 aromatic rings. The summed E-state index contributed by atoms with van der Waals surface area (Å²) in [5.74, 6) is -0.514. The first-order chi connectivity index (χ1) is 12.8. The van der Waals surface area contributed by atoms with Crippen molar-refractivity contribution in [3.05, 3.63) is 64.7 Å². The molecule has 2 aromatic carbocycles. The van der Waals surface area contributed by atoms with E-state index in [-0.39, 0.29) is 11.3 Å². The second kappa shape index (κ2) is 7.80. The van der Waals surface area contributed by atoms with E-state index < -0.39 is 28.0 Å². The Kier molecular flexibility index (Phi) is 5.64. The molecule has 1 aliphatic rings. The van der Waals surface area contributed by atoms with E-state index in [4.69, 9.17) is 11.6 Å². The number of nitrogens with zero attached hydrogens (tertiary/aromatic N) is 1. The zero-order chi connectivity index (χ0) is 19.6. The number of halogens is 1. The number of carbonyl (C=O) groups is 2. The van der Waals surface area contributed by atoms with Crippen LogP contribution in [0, 0.1) is 0 Å². The molecule has 1 heterocycles. The van der Waals surface area contributed by atoms with Crippen LogP contribution in [0.3, 0.4) is 0 Å². The van der Waals surface area contributed by atoms with Gasteiger partial charge in [-0.05, 0) is 42.2 Å². The fourth-order valence-electron chi connectivity index (χ4n) is 3.16. The van der Waals surface area contributed by atoms with Crippen molar-refractivity contribution in [2.75, 3.05) is 7.05 Å². The summed E-state index contributed by atoms with van der Waals surface area (Å²) in [4.78, 5) is 24.3. The van der Waals surface area contributed by atoms with Crippen LogP contribution in [-0.2, 0) is 32.5 Å². The van der Waals surface area contributed by atoms with Crippen molar-refractivity contribution in [2.45, 2.75) is 29.8 Å². The average Bonchev–Trinajstić information content (AvgIpc) is 2.64. The van der Waals surface area contributed by atoms with Crippen LogP contribution < -0.4 is 5.32 Å². The largest absolute Gasteiger partial charge is 0.345 e. The summed E-state index contributed by atoms with van der Waals surface area (Å²) in [5.41, 5.74) is 1.39. The molecule has 0 bridgehead atoms. The summed E-state index contributed by atoms with van der Waals surface area (Å²) < 4.78 is 26.5. The van der Waals surface area contributed by atoms with E-state index in [1.165, 1.54) is 19.2 Å². The van der Waals surface area contributed by atoms with Gasteiger partial charge in [0.2, 0.25) is 15.9 Å². The van der Waals surface area contributed by atoms with Crippen LogP contribution in [0.5, 0.6) is 0 Å². The highest BCUT2D eigenvalue weighted by Gasteiger charge is 2.39. The minimum absolute atomic E-state index is 0.148. The highest BCUT2D eigenvalue weighted by atomic mass is 35.5. The van der Waals surface area contributed by atoms with Gasteiger partial charge in [0, 0.05) is 12.1 Å². The molecule has 0 aromatic heterocycles. The molecule has 0 fully saturated rings. The average molecular weight is 407 g/mol. The molecule has 6 nitrogen and oxygen atoms in total. The Morgan fingerprint density at radius 1 is 1.30 bits per heavy atom. The molecule has 0 unspecified atom stereocenters. The monoisotopic (exact) mass is 406 g/mol. The van der Waals surface area contributed by atoms with Crippen molar-refractivity contribution in [3.8, 4) is 0 Å². The van der Waals surface area contributed by atoms with E-state index in [0.29, 0.717) is 23.3 Å². The Morgan fingerprint density at radius 3 is 2.67 bits per heavy atom. The molecule has 1 aliphatic heterocycles. The third-order valence-corrected chi connectivity index (χ3v) is 6.83. The number of aldehydes is 1. The first-order valence-corrected chi connectivity index (χ1v) is 10.2. The number of rotatable bonds is 5. The topological polar surface area (TPSA) is 83.6 Å². The van der Waals surface area contributed by atoms with E-state index >= 15 is 0 Å². The Morgan fingerprint density at radius 2 is 2.00 bits per heavy atom. The summed E-state index contributed by atoms with van der Waals surface area (Å²) in [7, 11) is -2.44. The van der Waals surface area contributed by atoms with Gasteiger partial charge in [0.25, 0.3) is 0 Å². The fraction of sp³-hybridized carbons (Fsp3) is 0.263. The molecule has 1 amide bonds. The van der Waals surface area contributed by atoms with Gasteiger partial charge in [-0.25, -0.2) is 8.42 Å². The lowest BCUT2D eigenvalue weighted by Gasteiger charge is -2.33. The van der Waals surface area contributed by atoms with Crippen LogP contribution in [0.25, 0.3) is 0 Å². The van der Waals surface area contributed by atoms with E-state index in [0.717, 1.165) is 9.87 Å². The van der Waals surface area contributed by atoms with Crippen LogP contribution in [0.2, 0.25) is 5.02 Å². The number of benzene rings is 2. The van der Waals surface area contributed by atoms with Gasteiger partial charge in [0.05, 0.1) is 10.9 Å². The molecule has 142 valence electrons. The fourth-order valence-corrected chi connectivity index (χ4v) is 4.88. The Hall–Kier alpha value is -2.22. The lowest BCUT2D eigenvalue weighted by Crippen LogP contribution is -2.54. The van der Waals surface area contributed by atoms with Crippen molar-refractivity contribution in [1.82, 2.24) is 9.62 Å². The van der Waals surface area contributed by atoms with Gasteiger partial charge in [0.1, 0.15) is 12.3 Å². The zero-order valence-corrected chi connectivity index (χ0v) is 16.2. The molecule has 0 aliphatic carbocycles. The molecule has 0 radical (unpaired) electrons. The van der Waals surface area contributed by atoms with Crippen LogP contribution >= 0.6 is 11.6 Å². The maximum atomic E-state index is 12.7. The lowest BCUT2D eigenvalue weighted by atomic mass is 10.0. The molecule has 3 rings (SSSR count). The van der Waals surface area contributed by atoms with Crippen molar-refractivity contribution in [3.63, 3.8) is 0 Å². The van der Waals surface area contributed by atoms with Gasteiger partial charge >= 0.3 is 0 Å². The quantitative estimate of drug-likeness (QED) is 0.767. The molecular weight excluding hydrogens is 388 g/mol. The number of amides is 1. The van der Waals surface area contributed by atoms with Gasteiger partial charge in [0.15, 0.2) is 0 Å².